The maximum Gasteiger partial charge on any atom is 0.163 e. The van der Waals surface area contributed by atoms with Crippen molar-refractivity contribution in [3.05, 3.63) is 34.9 Å². The molecule has 0 heterocycles. The summed E-state index contributed by atoms with van der Waals surface area (Å²) in [5, 5.41) is 0.598. The van der Waals surface area contributed by atoms with Gasteiger partial charge in [-0.1, -0.05) is 23.7 Å². The molecule has 0 amide bonds. The minimum absolute atomic E-state index is 0.112. The molecule has 0 spiro atoms. The van der Waals surface area contributed by atoms with E-state index in [0.29, 0.717) is 17.0 Å². The van der Waals surface area contributed by atoms with E-state index in [1.54, 1.807) is 31.4 Å². The quantitative estimate of drug-likeness (QED) is 0.720. The molecule has 2 nitrogen and oxygen atoms in total. The lowest BCUT2D eigenvalue weighted by Gasteiger charge is -2.08. The Balaban J connectivity index is 2.54. The largest absolute Gasteiger partial charge is 0.382 e. The predicted molar refractivity (Wildman–Crippen MR) is 61.5 cm³/mol. The highest BCUT2D eigenvalue weighted by Gasteiger charge is 2.08. The van der Waals surface area contributed by atoms with Crippen LogP contribution in [-0.4, -0.2) is 19.0 Å². The lowest BCUT2D eigenvalue weighted by Crippen LogP contribution is -2.08. The number of carbonyl (C=O) groups excluding carboxylic acids is 1. The van der Waals surface area contributed by atoms with E-state index in [9.17, 15) is 4.79 Å². The molecule has 3 heteroatoms. The number of ether oxygens (including phenoxy) is 1. The zero-order valence-electron chi connectivity index (χ0n) is 9.00. The Bertz CT molecular complexity index is 336. The number of ketones is 1. The SMILES string of the molecule is COC(C)CCC(=O)c1cccc(Cl)c1. The number of halogens is 1. The molecule has 1 aromatic carbocycles. The Morgan fingerprint density at radius 2 is 2.27 bits per heavy atom. The van der Waals surface area contributed by atoms with Crippen LogP contribution in [0.2, 0.25) is 5.02 Å². The van der Waals surface area contributed by atoms with Gasteiger partial charge in [-0.25, -0.2) is 0 Å². The maximum absolute atomic E-state index is 11.7. The molecule has 0 N–H and O–H groups in total. The van der Waals surface area contributed by atoms with E-state index < -0.39 is 0 Å². The van der Waals surface area contributed by atoms with Gasteiger partial charge >= 0.3 is 0 Å². The lowest BCUT2D eigenvalue weighted by atomic mass is 10.1. The van der Waals surface area contributed by atoms with Gasteiger partial charge in [0.25, 0.3) is 0 Å². The van der Waals surface area contributed by atoms with E-state index >= 15 is 0 Å². The third-order valence-corrected chi connectivity index (χ3v) is 2.56. The third kappa shape index (κ3) is 4.02. The minimum atomic E-state index is 0.112. The highest BCUT2D eigenvalue weighted by atomic mass is 35.5. The van der Waals surface area contributed by atoms with Crippen molar-refractivity contribution in [2.75, 3.05) is 7.11 Å². The zero-order valence-corrected chi connectivity index (χ0v) is 9.75. The summed E-state index contributed by atoms with van der Waals surface area (Å²) in [6.45, 7) is 1.95. The van der Waals surface area contributed by atoms with Crippen LogP contribution in [0.25, 0.3) is 0 Å². The predicted octanol–water partition coefficient (Wildman–Crippen LogP) is 3.34. The summed E-state index contributed by atoms with van der Waals surface area (Å²) < 4.78 is 5.08. The van der Waals surface area contributed by atoms with E-state index in [0.717, 1.165) is 6.42 Å². The summed E-state index contributed by atoms with van der Waals surface area (Å²) in [4.78, 5) is 11.7. The summed E-state index contributed by atoms with van der Waals surface area (Å²) in [5.41, 5.74) is 0.672. The van der Waals surface area contributed by atoms with Crippen molar-refractivity contribution in [1.29, 1.82) is 0 Å². The second kappa shape index (κ2) is 5.89. The molecular weight excluding hydrogens is 212 g/mol. The van der Waals surface area contributed by atoms with Crippen LogP contribution in [-0.2, 0) is 4.74 Å². The van der Waals surface area contributed by atoms with Gasteiger partial charge in [0.2, 0.25) is 0 Å². The normalized spacial score (nSPS) is 12.5. The first kappa shape index (κ1) is 12.2. The number of hydrogen-bond acceptors (Lipinski definition) is 2. The average molecular weight is 227 g/mol. The van der Waals surface area contributed by atoms with Crippen LogP contribution >= 0.6 is 11.6 Å². The van der Waals surface area contributed by atoms with Crippen molar-refractivity contribution in [1.82, 2.24) is 0 Å². The highest BCUT2D eigenvalue weighted by molar-refractivity contribution is 6.31. The molecule has 0 saturated carbocycles. The van der Waals surface area contributed by atoms with Gasteiger partial charge in [0.15, 0.2) is 5.78 Å². The number of Topliss-reactive ketones (excluding diaryl/α,β-unsaturated/α-hetero) is 1. The molecule has 1 rings (SSSR count). The Labute approximate surface area is 95.2 Å². The Morgan fingerprint density at radius 1 is 1.53 bits per heavy atom. The highest BCUT2D eigenvalue weighted by Crippen LogP contribution is 2.13. The molecule has 1 atom stereocenters. The summed E-state index contributed by atoms with van der Waals surface area (Å²) in [6, 6.07) is 7.03. The molecule has 0 bridgehead atoms. The van der Waals surface area contributed by atoms with Crippen LogP contribution in [0.5, 0.6) is 0 Å². The molecule has 0 aromatic heterocycles. The summed E-state index contributed by atoms with van der Waals surface area (Å²) >= 11 is 5.80. The number of methoxy groups -OCH3 is 1. The van der Waals surface area contributed by atoms with Crippen LogP contribution in [0.3, 0.4) is 0 Å². The molecule has 0 saturated heterocycles. The van der Waals surface area contributed by atoms with Gasteiger partial charge in [-0.2, -0.15) is 0 Å². The van der Waals surface area contributed by atoms with Gasteiger partial charge in [0.1, 0.15) is 0 Å². The van der Waals surface area contributed by atoms with Gasteiger partial charge in [-0.15, -0.1) is 0 Å². The van der Waals surface area contributed by atoms with Crippen molar-refractivity contribution in [2.45, 2.75) is 25.9 Å². The standard InChI is InChI=1S/C12H15ClO2/c1-9(15-2)6-7-12(14)10-4-3-5-11(13)8-10/h3-5,8-9H,6-7H2,1-2H3. The van der Waals surface area contributed by atoms with Crippen molar-refractivity contribution in [3.63, 3.8) is 0 Å². The van der Waals surface area contributed by atoms with Crippen LogP contribution in [0.4, 0.5) is 0 Å². The van der Waals surface area contributed by atoms with Crippen molar-refractivity contribution < 1.29 is 9.53 Å². The summed E-state index contributed by atoms with van der Waals surface area (Å²) in [6.07, 6.45) is 1.35. The van der Waals surface area contributed by atoms with Crippen LogP contribution in [0, 0.1) is 0 Å². The van der Waals surface area contributed by atoms with E-state index in [4.69, 9.17) is 16.3 Å². The van der Waals surface area contributed by atoms with Crippen LogP contribution in [0.1, 0.15) is 30.1 Å². The Hall–Kier alpha value is -0.860. The smallest absolute Gasteiger partial charge is 0.163 e. The molecule has 15 heavy (non-hydrogen) atoms. The van der Waals surface area contributed by atoms with Gasteiger partial charge in [0, 0.05) is 24.1 Å². The molecular formula is C12H15ClO2. The van der Waals surface area contributed by atoms with E-state index in [1.165, 1.54) is 0 Å². The van der Waals surface area contributed by atoms with Gasteiger partial charge in [-0.05, 0) is 25.5 Å². The first-order valence-corrected chi connectivity index (χ1v) is 5.33. The molecule has 1 unspecified atom stereocenters. The maximum atomic E-state index is 11.7. The third-order valence-electron chi connectivity index (χ3n) is 2.33. The second-order valence-corrected chi connectivity index (χ2v) is 3.95. The fourth-order valence-corrected chi connectivity index (χ4v) is 1.45. The van der Waals surface area contributed by atoms with Gasteiger partial charge in [-0.3, -0.25) is 4.79 Å². The minimum Gasteiger partial charge on any atom is -0.382 e. The molecule has 0 fully saturated rings. The Kier molecular flexibility index (Phi) is 4.79. The molecule has 0 aliphatic rings. The molecule has 82 valence electrons. The first-order chi connectivity index (χ1) is 7.13. The molecule has 0 radical (unpaired) electrons. The molecule has 0 aliphatic heterocycles. The van der Waals surface area contributed by atoms with Crippen molar-refractivity contribution >= 4 is 17.4 Å². The fraction of sp³-hybridized carbons (Fsp3) is 0.417. The number of carbonyl (C=O) groups is 1. The monoisotopic (exact) mass is 226 g/mol. The van der Waals surface area contributed by atoms with Crippen LogP contribution < -0.4 is 0 Å². The van der Waals surface area contributed by atoms with Crippen molar-refractivity contribution in [3.8, 4) is 0 Å². The number of benzene rings is 1. The van der Waals surface area contributed by atoms with E-state index in [-0.39, 0.29) is 11.9 Å². The Morgan fingerprint density at radius 3 is 2.87 bits per heavy atom. The van der Waals surface area contributed by atoms with Crippen molar-refractivity contribution in [2.24, 2.45) is 0 Å². The van der Waals surface area contributed by atoms with E-state index in [1.807, 2.05) is 6.92 Å². The summed E-state index contributed by atoms with van der Waals surface area (Å²) in [7, 11) is 1.65. The fourth-order valence-electron chi connectivity index (χ4n) is 1.26. The number of rotatable bonds is 5. The van der Waals surface area contributed by atoms with Crippen LogP contribution in [0.15, 0.2) is 24.3 Å². The number of hydrogen-bond donors (Lipinski definition) is 0. The zero-order chi connectivity index (χ0) is 11.3. The average Bonchev–Trinajstić information content (AvgIpc) is 2.25. The first-order valence-electron chi connectivity index (χ1n) is 4.95. The van der Waals surface area contributed by atoms with Gasteiger partial charge in [0.05, 0.1) is 6.10 Å². The van der Waals surface area contributed by atoms with Gasteiger partial charge < -0.3 is 4.74 Å². The van der Waals surface area contributed by atoms with E-state index in [2.05, 4.69) is 0 Å². The lowest BCUT2D eigenvalue weighted by molar-refractivity contribution is 0.0878. The summed E-state index contributed by atoms with van der Waals surface area (Å²) in [5.74, 6) is 0.112. The molecule has 0 aliphatic carbocycles. The second-order valence-electron chi connectivity index (χ2n) is 3.52. The topological polar surface area (TPSA) is 26.3 Å². The molecule has 1 aromatic rings.